The highest BCUT2D eigenvalue weighted by molar-refractivity contribution is 14.0. The van der Waals surface area contributed by atoms with Gasteiger partial charge in [-0.1, -0.05) is 18.2 Å². The summed E-state index contributed by atoms with van der Waals surface area (Å²) in [5.74, 6) is 1.96. The van der Waals surface area contributed by atoms with Crippen molar-refractivity contribution in [2.45, 2.75) is 48.3 Å². The SMILES string of the molecule is CN=C(NCc1ccnc(N2CCCCC2)c1)NCC1(Sc2ccccc2)CC1.I. The first-order valence-corrected chi connectivity index (χ1v) is 11.5. The number of aliphatic imine (C=N–C) groups is 1. The fourth-order valence-corrected chi connectivity index (χ4v) is 4.95. The largest absolute Gasteiger partial charge is 0.357 e. The minimum atomic E-state index is 0. The molecular formula is C23H32IN5S. The number of halogens is 1. The molecule has 0 spiro atoms. The molecule has 0 amide bonds. The number of rotatable bonds is 7. The van der Waals surface area contributed by atoms with Gasteiger partial charge >= 0.3 is 0 Å². The lowest BCUT2D eigenvalue weighted by Crippen LogP contribution is -2.40. The average Bonchev–Trinajstić information content (AvgIpc) is 3.55. The van der Waals surface area contributed by atoms with Gasteiger partial charge in [0.25, 0.3) is 0 Å². The van der Waals surface area contributed by atoms with E-state index in [2.05, 4.69) is 68.0 Å². The summed E-state index contributed by atoms with van der Waals surface area (Å²) >= 11 is 1.98. The van der Waals surface area contributed by atoms with E-state index in [0.717, 1.165) is 38.0 Å². The van der Waals surface area contributed by atoms with Crippen LogP contribution in [0.3, 0.4) is 0 Å². The van der Waals surface area contributed by atoms with Crippen LogP contribution in [-0.4, -0.2) is 42.4 Å². The highest BCUT2D eigenvalue weighted by Gasteiger charge is 2.43. The Hall–Kier alpha value is -1.48. The second-order valence-corrected chi connectivity index (χ2v) is 9.49. The van der Waals surface area contributed by atoms with Gasteiger partial charge < -0.3 is 15.5 Å². The van der Waals surface area contributed by atoms with Crippen molar-refractivity contribution >= 4 is 47.5 Å². The van der Waals surface area contributed by atoms with Gasteiger partial charge in [-0.25, -0.2) is 4.98 Å². The van der Waals surface area contributed by atoms with Gasteiger partial charge in [0.15, 0.2) is 5.96 Å². The summed E-state index contributed by atoms with van der Waals surface area (Å²) in [4.78, 5) is 12.7. The quantitative estimate of drug-likeness (QED) is 0.305. The lowest BCUT2D eigenvalue weighted by atomic mass is 10.1. The minimum absolute atomic E-state index is 0. The number of pyridine rings is 1. The zero-order chi connectivity index (χ0) is 19.9. The van der Waals surface area contributed by atoms with Crippen LogP contribution in [0.15, 0.2) is 58.5 Å². The fraction of sp³-hybridized carbons (Fsp3) is 0.478. The molecule has 0 radical (unpaired) electrons. The van der Waals surface area contributed by atoms with E-state index in [1.807, 2.05) is 25.0 Å². The number of nitrogens with zero attached hydrogens (tertiary/aromatic N) is 3. The van der Waals surface area contributed by atoms with E-state index in [0.29, 0.717) is 4.75 Å². The molecule has 5 nitrogen and oxygen atoms in total. The Morgan fingerprint density at radius 3 is 2.57 bits per heavy atom. The molecule has 2 aromatic rings. The summed E-state index contributed by atoms with van der Waals surface area (Å²) < 4.78 is 0.303. The second kappa shape index (κ2) is 11.2. The molecule has 1 aromatic heterocycles. The summed E-state index contributed by atoms with van der Waals surface area (Å²) in [6, 6.07) is 15.0. The molecule has 1 saturated heterocycles. The molecule has 0 unspecified atom stereocenters. The maximum absolute atomic E-state index is 4.58. The van der Waals surface area contributed by atoms with Crippen LogP contribution in [-0.2, 0) is 6.54 Å². The van der Waals surface area contributed by atoms with E-state index in [4.69, 9.17) is 0 Å². The topological polar surface area (TPSA) is 52.6 Å². The number of guanidine groups is 1. The van der Waals surface area contributed by atoms with Crippen molar-refractivity contribution in [3.63, 3.8) is 0 Å². The molecule has 4 rings (SSSR count). The minimum Gasteiger partial charge on any atom is -0.357 e. The number of hydrogen-bond donors (Lipinski definition) is 2. The van der Waals surface area contributed by atoms with Crippen LogP contribution in [0.5, 0.6) is 0 Å². The smallest absolute Gasteiger partial charge is 0.191 e. The number of anilines is 1. The maximum Gasteiger partial charge on any atom is 0.191 e. The van der Waals surface area contributed by atoms with Crippen molar-refractivity contribution in [3.05, 3.63) is 54.2 Å². The molecule has 2 N–H and O–H groups in total. The predicted octanol–water partition coefficient (Wildman–Crippen LogP) is 4.68. The van der Waals surface area contributed by atoms with Crippen LogP contribution in [0.25, 0.3) is 0 Å². The molecular weight excluding hydrogens is 505 g/mol. The summed E-state index contributed by atoms with van der Waals surface area (Å²) in [6.07, 6.45) is 8.30. The lowest BCUT2D eigenvalue weighted by molar-refractivity contribution is 0.573. The van der Waals surface area contributed by atoms with E-state index in [1.165, 1.54) is 42.6 Å². The molecule has 7 heteroatoms. The average molecular weight is 538 g/mol. The number of nitrogens with one attached hydrogen (secondary N) is 2. The molecule has 2 fully saturated rings. The Labute approximate surface area is 201 Å². The Kier molecular flexibility index (Phi) is 8.68. The predicted molar refractivity (Wildman–Crippen MR) is 138 cm³/mol. The molecule has 2 aliphatic rings. The summed E-state index contributed by atoms with van der Waals surface area (Å²) in [7, 11) is 1.84. The maximum atomic E-state index is 4.58. The Morgan fingerprint density at radius 2 is 1.87 bits per heavy atom. The van der Waals surface area contributed by atoms with Gasteiger partial charge in [0.05, 0.1) is 0 Å². The van der Waals surface area contributed by atoms with E-state index >= 15 is 0 Å². The number of thioether (sulfide) groups is 1. The first-order valence-electron chi connectivity index (χ1n) is 10.6. The monoisotopic (exact) mass is 537 g/mol. The van der Waals surface area contributed by atoms with Gasteiger partial charge in [0, 0.05) is 49.1 Å². The molecule has 1 aliphatic heterocycles. The van der Waals surface area contributed by atoms with Crippen molar-refractivity contribution in [2.24, 2.45) is 4.99 Å². The Balaban J connectivity index is 0.00000256. The summed E-state index contributed by atoms with van der Waals surface area (Å²) in [5.41, 5.74) is 1.24. The van der Waals surface area contributed by atoms with Gasteiger partial charge in [-0.2, -0.15) is 0 Å². The number of aromatic nitrogens is 1. The van der Waals surface area contributed by atoms with Crippen LogP contribution in [0.2, 0.25) is 0 Å². The fourth-order valence-electron chi connectivity index (χ4n) is 3.71. The molecule has 1 saturated carbocycles. The molecule has 1 aromatic carbocycles. The van der Waals surface area contributed by atoms with Crippen molar-refractivity contribution in [1.82, 2.24) is 15.6 Å². The third kappa shape index (κ3) is 6.51. The van der Waals surface area contributed by atoms with E-state index in [9.17, 15) is 0 Å². The number of piperidine rings is 1. The van der Waals surface area contributed by atoms with Gasteiger partial charge in [-0.3, -0.25) is 4.99 Å². The van der Waals surface area contributed by atoms with E-state index in [-0.39, 0.29) is 24.0 Å². The Morgan fingerprint density at radius 1 is 1.10 bits per heavy atom. The molecule has 30 heavy (non-hydrogen) atoms. The molecule has 0 bridgehead atoms. The van der Waals surface area contributed by atoms with Crippen LogP contribution in [0, 0.1) is 0 Å². The van der Waals surface area contributed by atoms with Crippen molar-refractivity contribution < 1.29 is 0 Å². The van der Waals surface area contributed by atoms with Crippen molar-refractivity contribution in [2.75, 3.05) is 31.6 Å². The lowest BCUT2D eigenvalue weighted by Gasteiger charge is -2.28. The van der Waals surface area contributed by atoms with Crippen LogP contribution < -0.4 is 15.5 Å². The Bertz CT molecular complexity index is 819. The molecule has 0 atom stereocenters. The normalized spacial score (nSPS) is 17.8. The molecule has 162 valence electrons. The second-order valence-electron chi connectivity index (χ2n) is 7.95. The summed E-state index contributed by atoms with van der Waals surface area (Å²) in [5, 5.41) is 7.00. The van der Waals surface area contributed by atoms with E-state index in [1.54, 1.807) is 0 Å². The van der Waals surface area contributed by atoms with Gasteiger partial charge in [0.1, 0.15) is 5.82 Å². The summed E-state index contributed by atoms with van der Waals surface area (Å²) in [6.45, 7) is 3.92. The standard InChI is InChI=1S/C23H31N5S.HI/c1-24-22(27-18-23(11-12-23)29-20-8-4-2-5-9-20)26-17-19-10-13-25-21(16-19)28-14-6-3-7-15-28;/h2,4-5,8-10,13,16H,3,6-7,11-12,14-15,17-18H2,1H3,(H2,24,26,27);1H. The van der Waals surface area contributed by atoms with Crippen molar-refractivity contribution in [3.8, 4) is 0 Å². The van der Waals surface area contributed by atoms with E-state index < -0.39 is 0 Å². The zero-order valence-electron chi connectivity index (χ0n) is 17.6. The first kappa shape index (κ1) is 23.2. The van der Waals surface area contributed by atoms with Gasteiger partial charge in [0.2, 0.25) is 0 Å². The first-order chi connectivity index (χ1) is 14.3. The molecule has 1 aliphatic carbocycles. The van der Waals surface area contributed by atoms with Crippen LogP contribution in [0.4, 0.5) is 5.82 Å². The zero-order valence-corrected chi connectivity index (χ0v) is 20.8. The third-order valence-electron chi connectivity index (χ3n) is 5.64. The number of hydrogen-bond acceptors (Lipinski definition) is 4. The van der Waals surface area contributed by atoms with Crippen molar-refractivity contribution in [1.29, 1.82) is 0 Å². The highest BCUT2D eigenvalue weighted by Crippen LogP contribution is 2.51. The van der Waals surface area contributed by atoms with Gasteiger partial charge in [-0.15, -0.1) is 35.7 Å². The van der Waals surface area contributed by atoms with Crippen LogP contribution >= 0.6 is 35.7 Å². The number of benzene rings is 1. The molecule has 2 heterocycles. The van der Waals surface area contributed by atoms with Crippen LogP contribution in [0.1, 0.15) is 37.7 Å². The third-order valence-corrected chi connectivity index (χ3v) is 7.13. The van der Waals surface area contributed by atoms with Gasteiger partial charge in [-0.05, 0) is 61.9 Å². The highest BCUT2D eigenvalue weighted by atomic mass is 127.